The van der Waals surface area contributed by atoms with Crippen LogP contribution in [-0.2, 0) is 4.79 Å². The molecule has 2 saturated heterocycles. The number of nitrogens with one attached hydrogen (secondary N) is 2. The minimum Gasteiger partial charge on any atom is -0.336 e. The highest BCUT2D eigenvalue weighted by molar-refractivity contribution is 5.78. The van der Waals surface area contributed by atoms with Gasteiger partial charge < -0.3 is 26.2 Å². The lowest BCUT2D eigenvalue weighted by Crippen LogP contribution is -2.46. The molecule has 7 nitrogen and oxygen atoms in total. The Labute approximate surface area is 144 Å². The minimum atomic E-state index is -0.102. The maximum Gasteiger partial charge on any atom is 0.317 e. The average molecular weight is 337 g/mol. The fourth-order valence-corrected chi connectivity index (χ4v) is 4.41. The van der Waals surface area contributed by atoms with Crippen LogP contribution in [0.25, 0.3) is 0 Å². The molecule has 0 aromatic rings. The normalized spacial score (nSPS) is 32.5. The van der Waals surface area contributed by atoms with E-state index in [2.05, 4.69) is 10.6 Å². The lowest BCUT2D eigenvalue weighted by Gasteiger charge is -2.24. The zero-order chi connectivity index (χ0) is 17.3. The molecule has 2 heterocycles. The number of nitrogens with zero attached hydrogens (tertiary/aromatic N) is 2. The van der Waals surface area contributed by atoms with Gasteiger partial charge in [-0.05, 0) is 51.4 Å². The maximum absolute atomic E-state index is 12.2. The van der Waals surface area contributed by atoms with E-state index in [0.717, 1.165) is 45.3 Å². The second kappa shape index (κ2) is 7.27. The Bertz CT molecular complexity index is 470. The summed E-state index contributed by atoms with van der Waals surface area (Å²) in [4.78, 5) is 28.1. The number of rotatable bonds is 4. The van der Waals surface area contributed by atoms with Crippen molar-refractivity contribution in [1.29, 1.82) is 0 Å². The molecule has 0 spiro atoms. The largest absolute Gasteiger partial charge is 0.336 e. The van der Waals surface area contributed by atoms with Gasteiger partial charge in [0.25, 0.3) is 0 Å². The van der Waals surface area contributed by atoms with E-state index < -0.39 is 0 Å². The minimum absolute atomic E-state index is 0.0575. The number of likely N-dealkylation sites (tertiary alicyclic amines) is 2. The van der Waals surface area contributed by atoms with Crippen LogP contribution in [0.2, 0.25) is 0 Å². The molecular weight excluding hydrogens is 306 g/mol. The fraction of sp³-hybridized carbons (Fsp3) is 0.882. The molecule has 0 aromatic heterocycles. The molecule has 0 aromatic carbocycles. The lowest BCUT2D eigenvalue weighted by molar-refractivity contribution is -0.131. The molecule has 4 atom stereocenters. The lowest BCUT2D eigenvalue weighted by atomic mass is 10.0. The summed E-state index contributed by atoms with van der Waals surface area (Å²) < 4.78 is 0. The standard InChI is InChI=1S/C17H31N5O2/c1-11(2)20-17(24)21-9-12-6-14(7-13(12)10-21)19-8-16(23)22-5-3-4-15(22)18/h11-15,19H,3-10,18H2,1-2H3,(H,20,24)/t12-,13+,14?,15?. The number of hydrogen-bond acceptors (Lipinski definition) is 4. The predicted octanol–water partition coefficient (Wildman–Crippen LogP) is 0.312. The van der Waals surface area contributed by atoms with Crippen molar-refractivity contribution in [1.82, 2.24) is 20.4 Å². The molecule has 0 bridgehead atoms. The van der Waals surface area contributed by atoms with Crippen molar-refractivity contribution in [3.05, 3.63) is 0 Å². The molecule has 3 fully saturated rings. The van der Waals surface area contributed by atoms with Crippen LogP contribution in [-0.4, -0.2) is 66.2 Å². The van der Waals surface area contributed by atoms with Gasteiger partial charge >= 0.3 is 6.03 Å². The van der Waals surface area contributed by atoms with Gasteiger partial charge in [0, 0.05) is 31.7 Å². The quantitative estimate of drug-likeness (QED) is 0.689. The van der Waals surface area contributed by atoms with Gasteiger partial charge in [0.1, 0.15) is 0 Å². The molecule has 7 heteroatoms. The summed E-state index contributed by atoms with van der Waals surface area (Å²) in [6.45, 7) is 6.82. The molecule has 4 N–H and O–H groups in total. The topological polar surface area (TPSA) is 90.7 Å². The first-order valence-electron chi connectivity index (χ1n) is 9.28. The van der Waals surface area contributed by atoms with Gasteiger partial charge in [-0.1, -0.05) is 0 Å². The third-order valence-electron chi connectivity index (χ3n) is 5.61. The predicted molar refractivity (Wildman–Crippen MR) is 92.2 cm³/mol. The molecule has 3 aliphatic rings. The van der Waals surface area contributed by atoms with Crippen LogP contribution in [0.1, 0.15) is 39.5 Å². The highest BCUT2D eigenvalue weighted by Gasteiger charge is 2.42. The number of fused-ring (bicyclic) bond motifs is 1. The molecule has 3 rings (SSSR count). The van der Waals surface area contributed by atoms with Crippen molar-refractivity contribution < 1.29 is 9.59 Å². The van der Waals surface area contributed by atoms with Gasteiger partial charge in [0.05, 0.1) is 12.7 Å². The third-order valence-corrected chi connectivity index (χ3v) is 5.61. The SMILES string of the molecule is CC(C)NC(=O)N1C[C@H]2CC(NCC(=O)N3CCCC3N)C[C@H]2C1. The number of hydrogen-bond donors (Lipinski definition) is 3. The van der Waals surface area contributed by atoms with Crippen molar-refractivity contribution in [2.24, 2.45) is 17.6 Å². The third kappa shape index (κ3) is 3.83. The summed E-state index contributed by atoms with van der Waals surface area (Å²) in [7, 11) is 0. The van der Waals surface area contributed by atoms with Crippen LogP contribution in [0.3, 0.4) is 0 Å². The molecule has 2 unspecified atom stereocenters. The van der Waals surface area contributed by atoms with Crippen LogP contribution in [0.5, 0.6) is 0 Å². The van der Waals surface area contributed by atoms with Gasteiger partial charge in [-0.15, -0.1) is 0 Å². The van der Waals surface area contributed by atoms with E-state index in [-0.39, 0.29) is 24.1 Å². The van der Waals surface area contributed by atoms with E-state index in [1.54, 1.807) is 4.90 Å². The Morgan fingerprint density at radius 3 is 2.42 bits per heavy atom. The Morgan fingerprint density at radius 1 is 1.21 bits per heavy atom. The van der Waals surface area contributed by atoms with Crippen LogP contribution in [0.4, 0.5) is 4.79 Å². The number of urea groups is 1. The van der Waals surface area contributed by atoms with E-state index in [1.807, 2.05) is 18.7 Å². The second-order valence-corrected chi connectivity index (χ2v) is 7.88. The van der Waals surface area contributed by atoms with Crippen LogP contribution < -0.4 is 16.4 Å². The number of carbonyl (C=O) groups excluding carboxylic acids is 2. The molecule has 0 radical (unpaired) electrons. The summed E-state index contributed by atoms with van der Waals surface area (Å²) in [6.07, 6.45) is 3.92. The second-order valence-electron chi connectivity index (χ2n) is 7.88. The summed E-state index contributed by atoms with van der Waals surface area (Å²) in [5, 5.41) is 6.39. The van der Waals surface area contributed by atoms with E-state index in [4.69, 9.17) is 5.73 Å². The van der Waals surface area contributed by atoms with Gasteiger partial charge in [0.15, 0.2) is 0 Å². The van der Waals surface area contributed by atoms with Crippen molar-refractivity contribution in [3.8, 4) is 0 Å². The summed E-state index contributed by atoms with van der Waals surface area (Å²) >= 11 is 0. The maximum atomic E-state index is 12.2. The average Bonchev–Trinajstić information content (AvgIpc) is 3.17. The number of nitrogens with two attached hydrogens (primary N) is 1. The van der Waals surface area contributed by atoms with Gasteiger partial charge in [-0.2, -0.15) is 0 Å². The molecular formula is C17H31N5O2. The molecule has 136 valence electrons. The van der Waals surface area contributed by atoms with Gasteiger partial charge in [-0.25, -0.2) is 4.79 Å². The molecule has 1 saturated carbocycles. The molecule has 3 amide bonds. The van der Waals surface area contributed by atoms with Crippen molar-refractivity contribution >= 4 is 11.9 Å². The van der Waals surface area contributed by atoms with E-state index >= 15 is 0 Å². The Hall–Kier alpha value is -1.34. The zero-order valence-corrected chi connectivity index (χ0v) is 14.8. The van der Waals surface area contributed by atoms with Crippen LogP contribution in [0.15, 0.2) is 0 Å². The van der Waals surface area contributed by atoms with Crippen LogP contribution >= 0.6 is 0 Å². The molecule has 2 aliphatic heterocycles. The highest BCUT2D eigenvalue weighted by Crippen LogP contribution is 2.38. The van der Waals surface area contributed by atoms with Crippen molar-refractivity contribution in [2.75, 3.05) is 26.2 Å². The van der Waals surface area contributed by atoms with Crippen molar-refractivity contribution in [2.45, 2.75) is 57.8 Å². The Balaban J connectivity index is 1.40. The number of amides is 3. The highest BCUT2D eigenvalue weighted by atomic mass is 16.2. The molecule has 1 aliphatic carbocycles. The van der Waals surface area contributed by atoms with Crippen molar-refractivity contribution in [3.63, 3.8) is 0 Å². The van der Waals surface area contributed by atoms with Crippen LogP contribution in [0, 0.1) is 11.8 Å². The van der Waals surface area contributed by atoms with Gasteiger partial charge in [0.2, 0.25) is 5.91 Å². The molecule has 24 heavy (non-hydrogen) atoms. The first kappa shape index (κ1) is 17.5. The van der Waals surface area contributed by atoms with E-state index in [1.165, 1.54) is 0 Å². The monoisotopic (exact) mass is 337 g/mol. The van der Waals surface area contributed by atoms with E-state index in [9.17, 15) is 9.59 Å². The fourth-order valence-electron chi connectivity index (χ4n) is 4.41. The smallest absolute Gasteiger partial charge is 0.317 e. The summed E-state index contributed by atoms with van der Waals surface area (Å²) in [6, 6.07) is 0.621. The first-order valence-corrected chi connectivity index (χ1v) is 9.28. The number of carbonyl (C=O) groups is 2. The van der Waals surface area contributed by atoms with Gasteiger partial charge in [-0.3, -0.25) is 4.79 Å². The first-order chi connectivity index (χ1) is 11.4. The van der Waals surface area contributed by atoms with E-state index in [0.29, 0.717) is 24.4 Å². The Kier molecular flexibility index (Phi) is 5.30. The zero-order valence-electron chi connectivity index (χ0n) is 14.8. The summed E-state index contributed by atoms with van der Waals surface area (Å²) in [5.74, 6) is 1.24. The Morgan fingerprint density at radius 2 is 1.88 bits per heavy atom. The summed E-state index contributed by atoms with van der Waals surface area (Å²) in [5.41, 5.74) is 5.95.